The standard InChI is InChI=1S/C23H28N2O3S/c1-5-17(4)25(23(26)21-11-8-12-27-21)13-18-15-29-22(24-18)14-28-20-10-7-6-9-19(20)16(2)3/h6-12,15-17H,5,13-14H2,1-4H3/t17-/m0/s1. The van der Waals surface area contributed by atoms with Gasteiger partial charge in [-0.3, -0.25) is 4.79 Å². The molecule has 0 N–H and O–H groups in total. The maximum atomic E-state index is 12.8. The lowest BCUT2D eigenvalue weighted by atomic mass is 10.0. The SMILES string of the molecule is CC[C@H](C)N(Cc1csc(COc2ccccc2C(C)C)n1)C(=O)c1ccco1. The Kier molecular flexibility index (Phi) is 7.09. The molecule has 3 aromatic rings. The van der Waals surface area contributed by atoms with Gasteiger partial charge in [0.1, 0.15) is 17.4 Å². The van der Waals surface area contributed by atoms with E-state index in [2.05, 4.69) is 31.8 Å². The van der Waals surface area contributed by atoms with Gasteiger partial charge in [0, 0.05) is 11.4 Å². The molecule has 5 nitrogen and oxygen atoms in total. The molecule has 1 aromatic carbocycles. The molecule has 0 aliphatic heterocycles. The lowest BCUT2D eigenvalue weighted by Gasteiger charge is -2.27. The Bertz CT molecular complexity index is 918. The Morgan fingerprint density at radius 3 is 2.69 bits per heavy atom. The number of para-hydroxylation sites is 1. The van der Waals surface area contributed by atoms with Crippen LogP contribution in [0.25, 0.3) is 0 Å². The van der Waals surface area contributed by atoms with E-state index in [0.29, 0.717) is 24.8 Å². The van der Waals surface area contributed by atoms with E-state index in [-0.39, 0.29) is 11.9 Å². The van der Waals surface area contributed by atoms with Crippen LogP contribution in [0.2, 0.25) is 0 Å². The van der Waals surface area contributed by atoms with Gasteiger partial charge < -0.3 is 14.1 Å². The first-order valence-corrected chi connectivity index (χ1v) is 10.9. The van der Waals surface area contributed by atoms with Gasteiger partial charge in [0.2, 0.25) is 0 Å². The molecule has 6 heteroatoms. The Hall–Kier alpha value is -2.60. The van der Waals surface area contributed by atoms with Crippen LogP contribution in [0, 0.1) is 0 Å². The van der Waals surface area contributed by atoms with Crippen LogP contribution in [0.15, 0.2) is 52.5 Å². The molecular formula is C23H28N2O3S. The quantitative estimate of drug-likeness (QED) is 0.440. The molecular weight excluding hydrogens is 384 g/mol. The van der Waals surface area contributed by atoms with Gasteiger partial charge in [0.25, 0.3) is 5.91 Å². The van der Waals surface area contributed by atoms with E-state index in [4.69, 9.17) is 9.15 Å². The zero-order valence-corrected chi connectivity index (χ0v) is 18.2. The molecule has 29 heavy (non-hydrogen) atoms. The van der Waals surface area contributed by atoms with Crippen molar-refractivity contribution in [2.45, 2.75) is 59.2 Å². The van der Waals surface area contributed by atoms with E-state index in [0.717, 1.165) is 22.9 Å². The summed E-state index contributed by atoms with van der Waals surface area (Å²) in [5, 5.41) is 2.89. The van der Waals surface area contributed by atoms with E-state index in [1.54, 1.807) is 23.5 Å². The largest absolute Gasteiger partial charge is 0.486 e. The Morgan fingerprint density at radius 1 is 1.21 bits per heavy atom. The summed E-state index contributed by atoms with van der Waals surface area (Å²) in [6.07, 6.45) is 2.38. The number of nitrogens with zero attached hydrogens (tertiary/aromatic N) is 2. The van der Waals surface area contributed by atoms with Crippen LogP contribution in [0.3, 0.4) is 0 Å². The summed E-state index contributed by atoms with van der Waals surface area (Å²) in [5.41, 5.74) is 2.06. The van der Waals surface area contributed by atoms with Crippen molar-refractivity contribution in [2.75, 3.05) is 0 Å². The number of hydrogen-bond acceptors (Lipinski definition) is 5. The molecule has 0 aliphatic rings. The third kappa shape index (κ3) is 5.26. The summed E-state index contributed by atoms with van der Waals surface area (Å²) in [5.74, 6) is 1.54. The van der Waals surface area contributed by atoms with E-state index < -0.39 is 0 Å². The third-order valence-electron chi connectivity index (χ3n) is 4.94. The molecule has 0 spiro atoms. The van der Waals surface area contributed by atoms with Gasteiger partial charge in [-0.15, -0.1) is 11.3 Å². The number of hydrogen-bond donors (Lipinski definition) is 0. The average Bonchev–Trinajstić information content (AvgIpc) is 3.41. The Balaban J connectivity index is 1.68. The number of furan rings is 1. The molecule has 0 fully saturated rings. The molecule has 0 aliphatic carbocycles. The van der Waals surface area contributed by atoms with Gasteiger partial charge in [-0.1, -0.05) is 39.0 Å². The smallest absolute Gasteiger partial charge is 0.290 e. The number of amides is 1. The molecule has 3 rings (SSSR count). The molecule has 1 atom stereocenters. The fraction of sp³-hybridized carbons (Fsp3) is 0.391. The Labute approximate surface area is 176 Å². The number of ether oxygens (including phenoxy) is 1. The lowest BCUT2D eigenvalue weighted by Crippen LogP contribution is -2.37. The highest BCUT2D eigenvalue weighted by Crippen LogP contribution is 2.27. The predicted molar refractivity (Wildman–Crippen MR) is 115 cm³/mol. The van der Waals surface area contributed by atoms with Gasteiger partial charge in [-0.2, -0.15) is 0 Å². The molecule has 0 bridgehead atoms. The molecule has 0 unspecified atom stereocenters. The van der Waals surface area contributed by atoms with Crippen LogP contribution < -0.4 is 4.74 Å². The van der Waals surface area contributed by atoms with Crippen LogP contribution in [-0.4, -0.2) is 21.8 Å². The van der Waals surface area contributed by atoms with Crippen LogP contribution in [-0.2, 0) is 13.2 Å². The molecule has 154 valence electrons. The van der Waals surface area contributed by atoms with E-state index in [9.17, 15) is 4.79 Å². The van der Waals surface area contributed by atoms with Crippen molar-refractivity contribution < 1.29 is 13.9 Å². The van der Waals surface area contributed by atoms with Crippen LogP contribution >= 0.6 is 11.3 Å². The number of carbonyl (C=O) groups is 1. The summed E-state index contributed by atoms with van der Waals surface area (Å²) in [6.45, 7) is 9.30. The molecule has 0 saturated heterocycles. The maximum absolute atomic E-state index is 12.8. The molecule has 0 saturated carbocycles. The van der Waals surface area contributed by atoms with Gasteiger partial charge in [-0.05, 0) is 43.0 Å². The summed E-state index contributed by atoms with van der Waals surface area (Å²) < 4.78 is 11.3. The second-order valence-corrected chi connectivity index (χ2v) is 8.32. The fourth-order valence-corrected chi connectivity index (χ4v) is 3.78. The molecule has 0 radical (unpaired) electrons. The van der Waals surface area contributed by atoms with Crippen molar-refractivity contribution >= 4 is 17.2 Å². The number of thiazole rings is 1. The van der Waals surface area contributed by atoms with Gasteiger partial charge >= 0.3 is 0 Å². The van der Waals surface area contributed by atoms with E-state index >= 15 is 0 Å². The highest BCUT2D eigenvalue weighted by Gasteiger charge is 2.23. The van der Waals surface area contributed by atoms with Crippen molar-refractivity contribution in [1.29, 1.82) is 0 Å². The van der Waals surface area contributed by atoms with Gasteiger partial charge in [0.05, 0.1) is 18.5 Å². The number of rotatable bonds is 9. The molecule has 2 heterocycles. The van der Waals surface area contributed by atoms with Gasteiger partial charge in [0.15, 0.2) is 5.76 Å². The minimum Gasteiger partial charge on any atom is -0.486 e. The van der Waals surface area contributed by atoms with Crippen molar-refractivity contribution in [3.63, 3.8) is 0 Å². The lowest BCUT2D eigenvalue weighted by molar-refractivity contribution is 0.0636. The normalized spacial score (nSPS) is 12.2. The maximum Gasteiger partial charge on any atom is 0.290 e. The second-order valence-electron chi connectivity index (χ2n) is 7.38. The first-order chi connectivity index (χ1) is 14.0. The van der Waals surface area contributed by atoms with Crippen molar-refractivity contribution in [1.82, 2.24) is 9.88 Å². The summed E-state index contributed by atoms with van der Waals surface area (Å²) in [7, 11) is 0. The predicted octanol–water partition coefficient (Wildman–Crippen LogP) is 5.88. The first-order valence-electron chi connectivity index (χ1n) is 9.99. The summed E-state index contributed by atoms with van der Waals surface area (Å²) in [6, 6.07) is 11.6. The van der Waals surface area contributed by atoms with E-state index in [1.807, 2.05) is 35.4 Å². The number of carbonyl (C=O) groups excluding carboxylic acids is 1. The van der Waals surface area contributed by atoms with E-state index in [1.165, 1.54) is 11.8 Å². The van der Waals surface area contributed by atoms with Crippen LogP contribution in [0.4, 0.5) is 0 Å². The van der Waals surface area contributed by atoms with Crippen LogP contribution in [0.5, 0.6) is 5.75 Å². The summed E-state index contributed by atoms with van der Waals surface area (Å²) in [4.78, 5) is 19.3. The molecule has 2 aromatic heterocycles. The summed E-state index contributed by atoms with van der Waals surface area (Å²) >= 11 is 1.56. The third-order valence-corrected chi connectivity index (χ3v) is 5.81. The highest BCUT2D eigenvalue weighted by molar-refractivity contribution is 7.09. The minimum absolute atomic E-state index is 0.0897. The Morgan fingerprint density at radius 2 is 2.00 bits per heavy atom. The van der Waals surface area contributed by atoms with Crippen molar-refractivity contribution in [3.8, 4) is 5.75 Å². The van der Waals surface area contributed by atoms with Crippen LogP contribution in [0.1, 0.15) is 66.9 Å². The zero-order chi connectivity index (χ0) is 20.8. The topological polar surface area (TPSA) is 55.6 Å². The monoisotopic (exact) mass is 412 g/mol. The number of benzene rings is 1. The average molecular weight is 413 g/mol. The zero-order valence-electron chi connectivity index (χ0n) is 17.4. The van der Waals surface area contributed by atoms with Crippen molar-refractivity contribution in [3.05, 3.63) is 70.1 Å². The fourth-order valence-electron chi connectivity index (χ4n) is 3.08. The first kappa shape index (κ1) is 21.1. The second kappa shape index (κ2) is 9.74. The number of aromatic nitrogens is 1. The molecule has 1 amide bonds. The highest BCUT2D eigenvalue weighted by atomic mass is 32.1. The van der Waals surface area contributed by atoms with Gasteiger partial charge in [-0.25, -0.2) is 4.98 Å². The van der Waals surface area contributed by atoms with Crippen molar-refractivity contribution in [2.24, 2.45) is 0 Å². The minimum atomic E-state index is -0.110.